The summed E-state index contributed by atoms with van der Waals surface area (Å²) in [5.41, 5.74) is 4.08. The molecule has 3 heterocycles. The Bertz CT molecular complexity index is 2110. The van der Waals surface area contributed by atoms with Crippen molar-refractivity contribution in [2.45, 2.75) is 67.9 Å². The zero-order valence-corrected chi connectivity index (χ0v) is 33.1. The number of allylic oxidation sites excluding steroid dienone is 1. The van der Waals surface area contributed by atoms with Crippen LogP contribution in [0.5, 0.6) is 5.75 Å². The van der Waals surface area contributed by atoms with Crippen LogP contribution < -0.4 is 31.3 Å². The van der Waals surface area contributed by atoms with Crippen LogP contribution in [0.3, 0.4) is 0 Å². The Labute approximate surface area is 346 Å². The van der Waals surface area contributed by atoms with Crippen LogP contribution >= 0.6 is 11.8 Å². The first-order valence-corrected chi connectivity index (χ1v) is 20.4. The van der Waals surface area contributed by atoms with Crippen LogP contribution in [0.15, 0.2) is 121 Å². The Morgan fingerprint density at radius 1 is 0.695 bits per heavy atom. The van der Waals surface area contributed by atoms with Gasteiger partial charge in [-0.25, -0.2) is 0 Å². The number of carbonyl (C=O) groups is 6. The Morgan fingerprint density at radius 2 is 1.29 bits per heavy atom. The average molecular weight is 818 g/mol. The molecule has 0 aliphatic carbocycles. The highest BCUT2D eigenvalue weighted by Gasteiger charge is 2.33. The zero-order chi connectivity index (χ0) is 41.6. The molecule has 13 nitrogen and oxygen atoms in total. The second-order valence-electron chi connectivity index (χ2n) is 14.4. The van der Waals surface area contributed by atoms with Gasteiger partial charge in [-0.15, -0.1) is 11.8 Å². The molecule has 6 N–H and O–H groups in total. The lowest BCUT2D eigenvalue weighted by molar-refractivity contribution is -0.137. The lowest BCUT2D eigenvalue weighted by atomic mass is 9.98. The molecule has 5 atom stereocenters. The number of hydrogen-bond acceptors (Lipinski definition) is 8. The fraction of sp³-hybridized carbons (Fsp3) is 0.289. The minimum Gasteiger partial charge on any atom is -0.484 e. The smallest absolute Gasteiger partial charge is 0.305 e. The molecule has 59 heavy (non-hydrogen) atoms. The van der Waals surface area contributed by atoms with Crippen LogP contribution in [-0.2, 0) is 48.0 Å². The maximum atomic E-state index is 14.5. The summed E-state index contributed by atoms with van der Waals surface area (Å²) in [7, 11) is 0. The number of hydrogen-bond donors (Lipinski definition) is 6. The first-order valence-electron chi connectivity index (χ1n) is 19.5. The number of fused-ring (bicyclic) bond motifs is 16. The van der Waals surface area contributed by atoms with Gasteiger partial charge in [0.15, 0.2) is 6.61 Å². The Kier molecular flexibility index (Phi) is 14.9. The van der Waals surface area contributed by atoms with E-state index >= 15 is 0 Å². The maximum absolute atomic E-state index is 14.5. The van der Waals surface area contributed by atoms with Gasteiger partial charge in [0.25, 0.3) is 5.91 Å². The summed E-state index contributed by atoms with van der Waals surface area (Å²) in [4.78, 5) is 81.0. The van der Waals surface area contributed by atoms with Gasteiger partial charge in [0.1, 0.15) is 29.9 Å². The first kappa shape index (κ1) is 42.2. The number of thioether (sulfide) groups is 1. The second-order valence-corrected chi connectivity index (χ2v) is 15.6. The van der Waals surface area contributed by atoms with Gasteiger partial charge < -0.3 is 36.4 Å². The third-order valence-electron chi connectivity index (χ3n) is 9.97. The third-order valence-corrected chi connectivity index (χ3v) is 11.1. The number of rotatable bonds is 11. The van der Waals surface area contributed by atoms with Crippen molar-refractivity contribution >= 4 is 47.3 Å². The predicted octanol–water partition coefficient (Wildman–Crippen LogP) is 3.71. The molecule has 2 bridgehead atoms. The summed E-state index contributed by atoms with van der Waals surface area (Å²) in [6.45, 7) is -0.549. The van der Waals surface area contributed by atoms with Crippen molar-refractivity contribution in [3.05, 3.63) is 137 Å². The summed E-state index contributed by atoms with van der Waals surface area (Å²) >= 11 is 1.56. The van der Waals surface area contributed by atoms with Crippen molar-refractivity contribution in [1.82, 2.24) is 26.6 Å². The van der Waals surface area contributed by atoms with Gasteiger partial charge in [-0.05, 0) is 58.2 Å². The molecule has 0 aromatic heterocycles. The number of amides is 5. The van der Waals surface area contributed by atoms with Gasteiger partial charge in [0, 0.05) is 31.1 Å². The van der Waals surface area contributed by atoms with Gasteiger partial charge in [0.05, 0.1) is 6.42 Å². The van der Waals surface area contributed by atoms with E-state index in [0.29, 0.717) is 24.2 Å². The van der Waals surface area contributed by atoms with Crippen LogP contribution in [0.1, 0.15) is 36.0 Å². The van der Waals surface area contributed by atoms with Gasteiger partial charge in [-0.3, -0.25) is 28.8 Å². The first-order chi connectivity index (χ1) is 28.6. The Hall–Kier alpha value is -6.41. The molecule has 4 aromatic rings. The Morgan fingerprint density at radius 3 is 1.92 bits per heavy atom. The fourth-order valence-electron chi connectivity index (χ4n) is 6.83. The minimum absolute atomic E-state index is 0.0186. The number of ether oxygens (including phenoxy) is 1. The fourth-order valence-corrected chi connectivity index (χ4v) is 7.80. The van der Waals surface area contributed by atoms with Gasteiger partial charge in [-0.2, -0.15) is 0 Å². The molecule has 0 fully saturated rings. The highest BCUT2D eigenvalue weighted by atomic mass is 32.2. The molecule has 14 heteroatoms. The molecule has 0 spiro atoms. The van der Waals surface area contributed by atoms with Gasteiger partial charge >= 0.3 is 5.97 Å². The van der Waals surface area contributed by atoms with Crippen LogP contribution in [0.2, 0.25) is 0 Å². The molecular weight excluding hydrogens is 771 g/mol. The average Bonchev–Trinajstić information content (AvgIpc) is 3.76. The van der Waals surface area contributed by atoms with E-state index in [1.807, 2.05) is 84.3 Å². The highest BCUT2D eigenvalue weighted by molar-refractivity contribution is 8.03. The quantitative estimate of drug-likeness (QED) is 0.123. The lowest BCUT2D eigenvalue weighted by Crippen LogP contribution is -2.59. The van der Waals surface area contributed by atoms with Crippen molar-refractivity contribution < 1.29 is 38.6 Å². The Balaban J connectivity index is 1.33. The molecule has 0 radical (unpaired) electrons. The molecule has 3 aliphatic rings. The molecule has 0 saturated heterocycles. The van der Waals surface area contributed by atoms with E-state index in [9.17, 15) is 28.8 Å². The zero-order valence-electron chi connectivity index (χ0n) is 32.3. The van der Waals surface area contributed by atoms with Gasteiger partial charge in [0.2, 0.25) is 23.6 Å². The molecule has 4 aromatic carbocycles. The van der Waals surface area contributed by atoms with E-state index < -0.39 is 59.7 Å². The van der Waals surface area contributed by atoms with Crippen LogP contribution in [-0.4, -0.2) is 83.2 Å². The molecule has 306 valence electrons. The number of nitrogens with one attached hydrogen (secondary N) is 5. The number of carboxylic acids is 1. The number of carboxylic acid groups (broad SMARTS) is 1. The highest BCUT2D eigenvalue weighted by Crippen LogP contribution is 2.28. The van der Waals surface area contributed by atoms with E-state index in [1.54, 1.807) is 48.2 Å². The normalized spacial score (nSPS) is 21.4. The molecule has 3 aliphatic heterocycles. The minimum atomic E-state index is -1.20. The van der Waals surface area contributed by atoms with Crippen LogP contribution in [0.4, 0.5) is 0 Å². The van der Waals surface area contributed by atoms with Crippen molar-refractivity contribution in [2.75, 3.05) is 13.2 Å². The van der Waals surface area contributed by atoms with E-state index in [2.05, 4.69) is 26.6 Å². The summed E-state index contributed by atoms with van der Waals surface area (Å²) in [6, 6.07) is 28.5. The number of benzene rings is 4. The van der Waals surface area contributed by atoms with Crippen LogP contribution in [0.25, 0.3) is 11.1 Å². The van der Waals surface area contributed by atoms with Crippen molar-refractivity contribution in [1.29, 1.82) is 0 Å². The number of carbonyl (C=O) groups excluding carboxylic acids is 5. The largest absolute Gasteiger partial charge is 0.484 e. The van der Waals surface area contributed by atoms with E-state index in [4.69, 9.17) is 9.84 Å². The molecule has 5 amide bonds. The topological polar surface area (TPSA) is 192 Å². The van der Waals surface area contributed by atoms with E-state index in [-0.39, 0.29) is 44.1 Å². The van der Waals surface area contributed by atoms with Crippen molar-refractivity contribution in [3.63, 3.8) is 0 Å². The predicted molar refractivity (Wildman–Crippen MR) is 224 cm³/mol. The van der Waals surface area contributed by atoms with Gasteiger partial charge in [-0.1, -0.05) is 103 Å². The van der Waals surface area contributed by atoms with Crippen LogP contribution in [0, 0.1) is 0 Å². The molecule has 7 rings (SSSR count). The summed E-state index contributed by atoms with van der Waals surface area (Å²) in [5, 5.41) is 25.1. The second kappa shape index (κ2) is 20.8. The monoisotopic (exact) mass is 817 g/mol. The van der Waals surface area contributed by atoms with E-state index in [0.717, 1.165) is 22.3 Å². The molecule has 1 unspecified atom stereocenters. The molecular formula is C45H47N5O8S. The van der Waals surface area contributed by atoms with E-state index in [1.165, 1.54) is 0 Å². The number of aliphatic carboxylic acids is 1. The SMILES string of the molecule is O=C(O)CCNC(=O)[C@@H]1Cc2ccc(cc2)OCC(=O)N[C@@H](CC2CC=CS2)C(=O)N[C@H](Cc2ccc(-c3ccccc3)cc2)C(=O)N[C@@H](Cc2ccccc2)C(=O)N1. The summed E-state index contributed by atoms with van der Waals surface area (Å²) in [5.74, 6) is -3.76. The summed E-state index contributed by atoms with van der Waals surface area (Å²) < 4.78 is 5.76. The standard InChI is InChI=1S/C45H47N5O8S/c51-40-28-58-34-19-15-31(16-20-34)25-36(42(54)46-22-21-41(52)53)48-43(55)37(24-29-8-3-1-4-9-29)49-44(56)38(50-45(57)39(47-40)27-35-12-7-23-59-35)26-30-13-17-33(18-14-30)32-10-5-2-6-11-32/h1-11,13-20,23,35-39H,12,21-22,24-28H2,(H,46,54)(H,47,51)(H,48,55)(H,49,56)(H,50,57)(H,52,53)/t35?,36-,37-,38+,39-/m0/s1. The third kappa shape index (κ3) is 12.8. The molecule has 0 saturated carbocycles. The van der Waals surface area contributed by atoms with Crippen molar-refractivity contribution in [2.24, 2.45) is 0 Å². The van der Waals surface area contributed by atoms with Crippen molar-refractivity contribution in [3.8, 4) is 16.9 Å². The maximum Gasteiger partial charge on any atom is 0.305 e. The lowest BCUT2D eigenvalue weighted by Gasteiger charge is -2.27. The summed E-state index contributed by atoms with van der Waals surface area (Å²) in [6.07, 6.45) is 2.80.